The molecule has 150 valence electrons. The number of Topliss-reactive ketones (excluding diaryl/α,β-unsaturated/α-hetero) is 1. The lowest BCUT2D eigenvalue weighted by molar-refractivity contribution is -0.131. The van der Waals surface area contributed by atoms with E-state index < -0.39 is 5.97 Å². The Morgan fingerprint density at radius 2 is 1.80 bits per heavy atom. The van der Waals surface area contributed by atoms with Crippen LogP contribution < -0.4 is 4.74 Å². The summed E-state index contributed by atoms with van der Waals surface area (Å²) in [5.41, 5.74) is 1.29. The van der Waals surface area contributed by atoms with Gasteiger partial charge in [0, 0.05) is 21.7 Å². The van der Waals surface area contributed by atoms with Crippen molar-refractivity contribution in [1.29, 1.82) is 0 Å². The second-order valence-electron chi connectivity index (χ2n) is 6.27. The molecule has 1 heterocycles. The van der Waals surface area contributed by atoms with Crippen LogP contribution in [-0.4, -0.2) is 16.9 Å². The van der Waals surface area contributed by atoms with Crippen LogP contribution in [0.4, 0.5) is 0 Å². The molecule has 0 saturated carbocycles. The molecule has 0 aliphatic heterocycles. The van der Waals surface area contributed by atoms with Gasteiger partial charge in [0.15, 0.2) is 5.75 Å². The van der Waals surface area contributed by atoms with E-state index >= 15 is 0 Å². The number of hydrogen-bond donors (Lipinski definition) is 1. The van der Waals surface area contributed by atoms with Gasteiger partial charge in [-0.05, 0) is 42.8 Å². The third-order valence-corrected chi connectivity index (χ3v) is 5.41. The molecule has 0 aliphatic rings. The zero-order valence-electron chi connectivity index (χ0n) is 16.4. The predicted octanol–water partition coefficient (Wildman–Crippen LogP) is 6.66. The maximum atomic E-state index is 13.2. The molecule has 0 fully saturated rings. The minimum absolute atomic E-state index is 0.118. The molecule has 30 heavy (non-hydrogen) atoms. The molecule has 2 aromatic carbocycles. The number of hydrogen-bond acceptors (Lipinski definition) is 4. The third kappa shape index (κ3) is 4.82. The number of carboxylic acid groups (broad SMARTS) is 1. The van der Waals surface area contributed by atoms with Gasteiger partial charge in [0.2, 0.25) is 5.78 Å². The molecule has 0 unspecified atom stereocenters. The van der Waals surface area contributed by atoms with E-state index in [-0.39, 0.29) is 5.78 Å². The minimum atomic E-state index is -1.01. The Morgan fingerprint density at radius 3 is 2.47 bits per heavy atom. The standard InChI is InChI=1S/C25H20O4S/c1-3-5-8-18(4-2)23(28)25-24(20-9-6-7-10-21(20)30-25)29-19-14-11-17(12-15-19)13-16-22(26)27/h3-16H,1H2,2H3,(H,26,27)/b8-5-,16-13+,18-4+. The molecule has 0 spiro atoms. The second kappa shape index (κ2) is 9.67. The number of ether oxygens (including phenoxy) is 1. The number of carbonyl (C=O) groups excluding carboxylic acids is 1. The molecule has 4 nitrogen and oxygen atoms in total. The largest absolute Gasteiger partial charge is 0.478 e. The molecule has 0 amide bonds. The van der Waals surface area contributed by atoms with Crippen molar-refractivity contribution in [2.24, 2.45) is 0 Å². The van der Waals surface area contributed by atoms with Crippen molar-refractivity contribution in [2.45, 2.75) is 6.92 Å². The second-order valence-corrected chi connectivity index (χ2v) is 7.32. The Balaban J connectivity index is 1.99. The molecule has 5 heteroatoms. The Morgan fingerprint density at radius 1 is 1.07 bits per heavy atom. The summed E-state index contributed by atoms with van der Waals surface area (Å²) >= 11 is 1.39. The molecule has 0 atom stereocenters. The van der Waals surface area contributed by atoms with Gasteiger partial charge in [-0.1, -0.05) is 55.1 Å². The summed E-state index contributed by atoms with van der Waals surface area (Å²) in [7, 11) is 0. The van der Waals surface area contributed by atoms with Gasteiger partial charge >= 0.3 is 5.97 Å². The fourth-order valence-corrected chi connectivity index (χ4v) is 3.90. The maximum absolute atomic E-state index is 13.2. The van der Waals surface area contributed by atoms with Crippen LogP contribution in [0.3, 0.4) is 0 Å². The number of benzene rings is 2. The van der Waals surface area contributed by atoms with Crippen molar-refractivity contribution >= 4 is 39.3 Å². The summed E-state index contributed by atoms with van der Waals surface area (Å²) in [6, 6.07) is 14.7. The van der Waals surface area contributed by atoms with Gasteiger partial charge in [0.25, 0.3) is 0 Å². The Labute approximate surface area is 178 Å². The molecule has 0 aliphatic carbocycles. The molecule has 0 saturated heterocycles. The molecule has 3 rings (SSSR count). The maximum Gasteiger partial charge on any atom is 0.328 e. The van der Waals surface area contributed by atoms with Crippen LogP contribution in [0.25, 0.3) is 16.2 Å². The topological polar surface area (TPSA) is 63.6 Å². The highest BCUT2D eigenvalue weighted by Crippen LogP contribution is 2.41. The SMILES string of the molecule is C=C/C=C\C(=C/C)C(=O)c1sc2ccccc2c1Oc1ccc(/C=C/C(=O)O)cc1. The zero-order chi connectivity index (χ0) is 21.5. The van der Waals surface area contributed by atoms with Gasteiger partial charge in [0.05, 0.1) is 0 Å². The van der Waals surface area contributed by atoms with E-state index in [1.54, 1.807) is 48.6 Å². The lowest BCUT2D eigenvalue weighted by Gasteiger charge is -2.08. The molecule has 3 aromatic rings. The summed E-state index contributed by atoms with van der Waals surface area (Å²) in [5.74, 6) is -0.0501. The lowest BCUT2D eigenvalue weighted by Crippen LogP contribution is -2.01. The van der Waals surface area contributed by atoms with Gasteiger partial charge in [-0.25, -0.2) is 4.79 Å². The Hall–Kier alpha value is -3.70. The first-order valence-corrected chi connectivity index (χ1v) is 10.1. The van der Waals surface area contributed by atoms with E-state index in [1.165, 1.54) is 17.4 Å². The average molecular weight is 416 g/mol. The number of fused-ring (bicyclic) bond motifs is 1. The highest BCUT2D eigenvalue weighted by atomic mass is 32.1. The molecular formula is C25H20O4S. The van der Waals surface area contributed by atoms with Crippen LogP contribution >= 0.6 is 11.3 Å². The summed E-state index contributed by atoms with van der Waals surface area (Å²) in [4.78, 5) is 24.4. The number of carboxylic acids is 1. The predicted molar refractivity (Wildman–Crippen MR) is 122 cm³/mol. The van der Waals surface area contributed by atoms with Crippen molar-refractivity contribution in [3.8, 4) is 11.5 Å². The average Bonchev–Trinajstić information content (AvgIpc) is 3.12. The Bertz CT molecular complexity index is 1180. The first kappa shape index (κ1) is 21.0. The van der Waals surface area contributed by atoms with Crippen LogP contribution in [0.15, 0.2) is 91.1 Å². The highest BCUT2D eigenvalue weighted by molar-refractivity contribution is 7.21. The highest BCUT2D eigenvalue weighted by Gasteiger charge is 2.22. The first-order valence-electron chi connectivity index (χ1n) is 9.24. The van der Waals surface area contributed by atoms with Crippen molar-refractivity contribution < 1.29 is 19.4 Å². The lowest BCUT2D eigenvalue weighted by atomic mass is 10.1. The third-order valence-electron chi connectivity index (χ3n) is 4.26. The van der Waals surface area contributed by atoms with Crippen LogP contribution in [0, 0.1) is 0 Å². The fourth-order valence-electron chi connectivity index (χ4n) is 2.81. The number of thiophene rings is 1. The smallest absolute Gasteiger partial charge is 0.328 e. The molecule has 0 radical (unpaired) electrons. The van der Waals surface area contributed by atoms with Gasteiger partial charge in [-0.3, -0.25) is 4.79 Å². The number of aliphatic carboxylic acids is 1. The summed E-state index contributed by atoms with van der Waals surface area (Å²) in [6.45, 7) is 5.47. The van der Waals surface area contributed by atoms with Gasteiger partial charge in [-0.2, -0.15) is 0 Å². The van der Waals surface area contributed by atoms with Crippen LogP contribution in [0.2, 0.25) is 0 Å². The van der Waals surface area contributed by atoms with E-state index in [9.17, 15) is 9.59 Å². The zero-order valence-corrected chi connectivity index (χ0v) is 17.2. The van der Waals surface area contributed by atoms with E-state index in [0.29, 0.717) is 21.9 Å². The van der Waals surface area contributed by atoms with Gasteiger partial charge in [-0.15, -0.1) is 11.3 Å². The fraction of sp³-hybridized carbons (Fsp3) is 0.0400. The van der Waals surface area contributed by atoms with Crippen LogP contribution in [0.1, 0.15) is 22.2 Å². The normalized spacial score (nSPS) is 12.0. The van der Waals surface area contributed by atoms with E-state index in [0.717, 1.165) is 21.7 Å². The van der Waals surface area contributed by atoms with Gasteiger partial charge < -0.3 is 9.84 Å². The Kier molecular flexibility index (Phi) is 6.78. The molecule has 1 aromatic heterocycles. The summed E-state index contributed by atoms with van der Waals surface area (Å²) in [5, 5.41) is 9.61. The molecular weight excluding hydrogens is 396 g/mol. The minimum Gasteiger partial charge on any atom is -0.478 e. The van der Waals surface area contributed by atoms with Gasteiger partial charge in [0.1, 0.15) is 10.6 Å². The first-order chi connectivity index (χ1) is 14.5. The van der Waals surface area contributed by atoms with Crippen LogP contribution in [0.5, 0.6) is 11.5 Å². The monoisotopic (exact) mass is 416 g/mol. The van der Waals surface area contributed by atoms with E-state index in [1.807, 2.05) is 31.2 Å². The molecule has 1 N–H and O–H groups in total. The summed E-state index contributed by atoms with van der Waals surface area (Å²) < 4.78 is 7.10. The number of carbonyl (C=O) groups is 2. The van der Waals surface area contributed by atoms with E-state index in [4.69, 9.17) is 9.84 Å². The molecule has 0 bridgehead atoms. The van der Waals surface area contributed by atoms with Crippen LogP contribution in [-0.2, 0) is 4.79 Å². The van der Waals surface area contributed by atoms with Crippen molar-refractivity contribution in [3.63, 3.8) is 0 Å². The van der Waals surface area contributed by atoms with Crippen molar-refractivity contribution in [2.75, 3.05) is 0 Å². The van der Waals surface area contributed by atoms with Crippen molar-refractivity contribution in [1.82, 2.24) is 0 Å². The van der Waals surface area contributed by atoms with E-state index in [2.05, 4.69) is 6.58 Å². The summed E-state index contributed by atoms with van der Waals surface area (Å²) in [6.07, 6.45) is 9.43. The van der Waals surface area contributed by atoms with Crippen molar-refractivity contribution in [3.05, 3.63) is 102 Å². The number of rotatable bonds is 8. The number of allylic oxidation sites excluding steroid dienone is 5. The quantitative estimate of drug-likeness (QED) is 0.253. The number of ketones is 1.